The van der Waals surface area contributed by atoms with E-state index in [0.717, 1.165) is 0 Å². The maximum atomic E-state index is 13.1. The summed E-state index contributed by atoms with van der Waals surface area (Å²) in [6, 6.07) is 0. The second kappa shape index (κ2) is 6.23. The van der Waals surface area contributed by atoms with Gasteiger partial charge in [0.15, 0.2) is 6.61 Å². The van der Waals surface area contributed by atoms with Crippen molar-refractivity contribution < 1.29 is 66.6 Å². The van der Waals surface area contributed by atoms with Gasteiger partial charge in [0.05, 0.1) is 0 Å². The lowest BCUT2D eigenvalue weighted by Gasteiger charge is -2.41. The summed E-state index contributed by atoms with van der Waals surface area (Å²) in [5.74, 6) is -24.1. The molecule has 0 saturated heterocycles. The summed E-state index contributed by atoms with van der Waals surface area (Å²) in [7, 11) is 0. The molecule has 0 aromatic carbocycles. The van der Waals surface area contributed by atoms with Crippen molar-refractivity contribution in [3.8, 4) is 0 Å². The van der Waals surface area contributed by atoms with Crippen molar-refractivity contribution in [1.82, 2.24) is 0 Å². The van der Waals surface area contributed by atoms with Crippen LogP contribution in [0, 0.1) is 0 Å². The number of ether oxygens (including phenoxy) is 1. The van der Waals surface area contributed by atoms with E-state index in [9.17, 15) is 61.9 Å². The fraction of sp³-hybridized carbons (Fsp3) is 0.700. The SMILES string of the molecule is C=CC(=O)OCC(F)(F)C(F)(F)C(F)(F)C(F)(C(F)(F)F)C(F)(F)F. The predicted octanol–water partition coefficient (Wildman–Crippen LogP) is 4.45. The quantitative estimate of drug-likeness (QED) is 0.372. The zero-order valence-electron chi connectivity index (χ0n) is 11.2. The highest BCUT2D eigenvalue weighted by molar-refractivity contribution is 5.81. The Morgan fingerprint density at radius 1 is 0.760 bits per heavy atom. The third-order valence-electron chi connectivity index (χ3n) is 2.63. The number of hydrogen-bond acceptors (Lipinski definition) is 2. The summed E-state index contributed by atoms with van der Waals surface area (Å²) in [6.07, 6.45) is -15.4. The Morgan fingerprint density at radius 2 is 1.12 bits per heavy atom. The molecular formula is C10H5F13O2. The topological polar surface area (TPSA) is 26.3 Å². The predicted molar refractivity (Wildman–Crippen MR) is 51.9 cm³/mol. The molecular weight excluding hydrogens is 399 g/mol. The van der Waals surface area contributed by atoms with E-state index in [1.807, 2.05) is 0 Å². The fourth-order valence-electron chi connectivity index (χ4n) is 1.27. The number of rotatable bonds is 6. The van der Waals surface area contributed by atoms with E-state index in [4.69, 9.17) is 0 Å². The lowest BCUT2D eigenvalue weighted by atomic mass is 9.88. The van der Waals surface area contributed by atoms with Crippen LogP contribution in [-0.4, -0.2) is 48.4 Å². The van der Waals surface area contributed by atoms with Crippen molar-refractivity contribution in [1.29, 1.82) is 0 Å². The molecule has 0 aliphatic heterocycles. The van der Waals surface area contributed by atoms with Gasteiger partial charge in [-0.2, -0.15) is 52.7 Å². The van der Waals surface area contributed by atoms with E-state index in [0.29, 0.717) is 0 Å². The van der Waals surface area contributed by atoms with E-state index in [1.54, 1.807) is 0 Å². The second-order valence-corrected chi connectivity index (χ2v) is 4.32. The largest absolute Gasteiger partial charge is 0.456 e. The normalized spacial score (nSPS) is 15.1. The van der Waals surface area contributed by atoms with E-state index in [-0.39, 0.29) is 6.08 Å². The van der Waals surface area contributed by atoms with Crippen molar-refractivity contribution in [2.45, 2.75) is 35.8 Å². The van der Waals surface area contributed by atoms with Crippen LogP contribution in [0.3, 0.4) is 0 Å². The molecule has 0 aromatic rings. The minimum Gasteiger partial charge on any atom is -0.456 e. The zero-order valence-corrected chi connectivity index (χ0v) is 11.2. The van der Waals surface area contributed by atoms with Crippen LogP contribution in [0.1, 0.15) is 0 Å². The molecule has 0 atom stereocenters. The summed E-state index contributed by atoms with van der Waals surface area (Å²) in [5, 5.41) is 0. The van der Waals surface area contributed by atoms with Gasteiger partial charge in [-0.1, -0.05) is 6.58 Å². The van der Waals surface area contributed by atoms with Gasteiger partial charge in [-0.15, -0.1) is 0 Å². The van der Waals surface area contributed by atoms with Crippen molar-refractivity contribution >= 4 is 5.97 Å². The Hall–Kier alpha value is -1.70. The van der Waals surface area contributed by atoms with Gasteiger partial charge in [0, 0.05) is 6.08 Å². The van der Waals surface area contributed by atoms with Gasteiger partial charge >= 0.3 is 41.8 Å². The zero-order chi connectivity index (χ0) is 20.7. The first-order valence-electron chi connectivity index (χ1n) is 5.45. The smallest absolute Gasteiger partial charge is 0.438 e. The molecule has 0 aromatic heterocycles. The average Bonchev–Trinajstić information content (AvgIpc) is 2.40. The Labute approximate surface area is 129 Å². The molecule has 0 unspecified atom stereocenters. The molecule has 15 heteroatoms. The molecule has 0 aliphatic carbocycles. The molecule has 0 aliphatic rings. The summed E-state index contributed by atoms with van der Waals surface area (Å²) in [5.41, 5.74) is -8.03. The van der Waals surface area contributed by atoms with Gasteiger partial charge in [-0.05, 0) is 0 Å². The fourth-order valence-corrected chi connectivity index (χ4v) is 1.27. The second-order valence-electron chi connectivity index (χ2n) is 4.32. The molecule has 0 saturated carbocycles. The van der Waals surface area contributed by atoms with Gasteiger partial charge in [0.1, 0.15) is 0 Å². The number of carbonyl (C=O) groups excluding carboxylic acids is 1. The Bertz CT molecular complexity index is 502. The van der Waals surface area contributed by atoms with Crippen molar-refractivity contribution in [3.63, 3.8) is 0 Å². The van der Waals surface area contributed by atoms with Crippen LogP contribution in [0.2, 0.25) is 0 Å². The standard InChI is InChI=1S/C10H5F13O2/c1-2-4(24)25-3-5(11,12)7(14,15)8(16,17)6(13,9(18,19)20)10(21,22)23/h2H,1,3H2. The number of hydrogen-bond donors (Lipinski definition) is 0. The summed E-state index contributed by atoms with van der Waals surface area (Å²) in [4.78, 5) is 10.4. The molecule has 0 heterocycles. The van der Waals surface area contributed by atoms with Crippen LogP contribution in [-0.2, 0) is 9.53 Å². The lowest BCUT2D eigenvalue weighted by molar-refractivity contribution is -0.445. The molecule has 148 valence electrons. The lowest BCUT2D eigenvalue weighted by Crippen LogP contribution is -2.73. The Balaban J connectivity index is 6.24. The van der Waals surface area contributed by atoms with Crippen molar-refractivity contribution in [3.05, 3.63) is 12.7 Å². The average molecular weight is 404 g/mol. The number of esters is 1. The van der Waals surface area contributed by atoms with E-state index in [2.05, 4.69) is 11.3 Å². The third kappa shape index (κ3) is 3.49. The molecule has 0 N–H and O–H groups in total. The van der Waals surface area contributed by atoms with Crippen molar-refractivity contribution in [2.75, 3.05) is 6.61 Å². The highest BCUT2D eigenvalue weighted by Gasteiger charge is 2.93. The monoisotopic (exact) mass is 404 g/mol. The van der Waals surface area contributed by atoms with E-state index >= 15 is 0 Å². The first kappa shape index (κ1) is 23.3. The van der Waals surface area contributed by atoms with Gasteiger partial charge in [0.2, 0.25) is 0 Å². The maximum absolute atomic E-state index is 13.1. The van der Waals surface area contributed by atoms with Crippen LogP contribution in [0.5, 0.6) is 0 Å². The van der Waals surface area contributed by atoms with Crippen molar-refractivity contribution in [2.24, 2.45) is 0 Å². The Kier molecular flexibility index (Phi) is 5.81. The highest BCUT2D eigenvalue weighted by Crippen LogP contribution is 2.61. The van der Waals surface area contributed by atoms with Crippen LogP contribution in [0.4, 0.5) is 57.1 Å². The summed E-state index contributed by atoms with van der Waals surface area (Å²) >= 11 is 0. The summed E-state index contributed by atoms with van der Waals surface area (Å²) in [6.45, 7) is -0.514. The minimum atomic E-state index is -8.03. The highest BCUT2D eigenvalue weighted by atomic mass is 19.4. The van der Waals surface area contributed by atoms with Crippen LogP contribution < -0.4 is 0 Å². The molecule has 0 radical (unpaired) electrons. The molecule has 0 fully saturated rings. The summed E-state index contributed by atoms with van der Waals surface area (Å²) < 4.78 is 168. The molecule has 25 heavy (non-hydrogen) atoms. The van der Waals surface area contributed by atoms with Gasteiger partial charge in [0.25, 0.3) is 0 Å². The molecule has 0 rings (SSSR count). The first-order valence-corrected chi connectivity index (χ1v) is 5.45. The molecule has 0 spiro atoms. The van der Waals surface area contributed by atoms with Crippen LogP contribution in [0.15, 0.2) is 12.7 Å². The number of alkyl halides is 13. The van der Waals surface area contributed by atoms with Crippen LogP contribution in [0.25, 0.3) is 0 Å². The molecule has 0 amide bonds. The molecule has 2 nitrogen and oxygen atoms in total. The maximum Gasteiger partial charge on any atom is 0.438 e. The van der Waals surface area contributed by atoms with E-state index < -0.39 is 48.4 Å². The number of carbonyl (C=O) groups is 1. The first-order chi connectivity index (χ1) is 10.7. The molecule has 0 bridgehead atoms. The third-order valence-corrected chi connectivity index (χ3v) is 2.63. The van der Waals surface area contributed by atoms with Gasteiger partial charge < -0.3 is 4.74 Å². The number of halogens is 13. The van der Waals surface area contributed by atoms with Gasteiger partial charge in [-0.25, -0.2) is 9.18 Å². The minimum absolute atomic E-state index is 0.0389. The van der Waals surface area contributed by atoms with Crippen LogP contribution >= 0.6 is 0 Å². The van der Waals surface area contributed by atoms with E-state index in [1.165, 1.54) is 0 Å². The Morgan fingerprint density at radius 3 is 1.40 bits per heavy atom. The van der Waals surface area contributed by atoms with Gasteiger partial charge in [-0.3, -0.25) is 0 Å².